The van der Waals surface area contributed by atoms with Gasteiger partial charge in [0.25, 0.3) is 0 Å². The van der Waals surface area contributed by atoms with Crippen LogP contribution in [0.25, 0.3) is 0 Å². The lowest BCUT2D eigenvalue weighted by molar-refractivity contribution is -0.147. The summed E-state index contributed by atoms with van der Waals surface area (Å²) in [6.07, 6.45) is 14.1. The van der Waals surface area contributed by atoms with Crippen LogP contribution >= 0.6 is 0 Å². The zero-order valence-corrected chi connectivity index (χ0v) is 16.1. The average molecular weight is 357 g/mol. The molecular weight excluding hydrogens is 324 g/mol. The molecule has 1 N–H and O–H groups in total. The second kappa shape index (κ2) is 5.67. The van der Waals surface area contributed by atoms with E-state index in [-0.39, 0.29) is 23.0 Å². The van der Waals surface area contributed by atoms with E-state index in [9.17, 15) is 9.90 Å². The number of imidazole rings is 1. The molecule has 26 heavy (non-hydrogen) atoms. The fraction of sp³-hybridized carbons (Fsp3) is 0.818. The van der Waals surface area contributed by atoms with Gasteiger partial charge in [0.1, 0.15) is 5.78 Å². The summed E-state index contributed by atoms with van der Waals surface area (Å²) in [5.74, 6) is 3.18. The van der Waals surface area contributed by atoms with Crippen LogP contribution in [0.1, 0.15) is 71.3 Å². The number of ketones is 1. The first-order chi connectivity index (χ1) is 12.4. The van der Waals surface area contributed by atoms with Gasteiger partial charge in [-0.15, -0.1) is 0 Å². The maximum Gasteiger partial charge on any atom is 0.139 e. The van der Waals surface area contributed by atoms with Crippen LogP contribution in [0.15, 0.2) is 18.7 Å². The van der Waals surface area contributed by atoms with E-state index in [1.807, 2.05) is 18.7 Å². The third kappa shape index (κ3) is 2.17. The van der Waals surface area contributed by atoms with Gasteiger partial charge >= 0.3 is 0 Å². The minimum Gasteiger partial charge on any atom is -0.391 e. The molecule has 4 nitrogen and oxygen atoms in total. The highest BCUT2D eigenvalue weighted by Gasteiger charge is 2.61. The van der Waals surface area contributed by atoms with Crippen molar-refractivity contribution in [1.29, 1.82) is 0 Å². The van der Waals surface area contributed by atoms with Crippen molar-refractivity contribution in [3.63, 3.8) is 0 Å². The van der Waals surface area contributed by atoms with Crippen LogP contribution in [-0.4, -0.2) is 26.5 Å². The average Bonchev–Trinajstić information content (AvgIpc) is 3.24. The molecule has 4 fully saturated rings. The molecule has 4 saturated carbocycles. The van der Waals surface area contributed by atoms with Gasteiger partial charge in [0.05, 0.1) is 18.5 Å². The molecular formula is C22H32N2O2. The minimum absolute atomic E-state index is 0.0394. The fourth-order valence-electron chi connectivity index (χ4n) is 7.82. The Kier molecular flexibility index (Phi) is 3.70. The molecule has 5 rings (SSSR count). The summed E-state index contributed by atoms with van der Waals surface area (Å²) >= 11 is 0. The SMILES string of the molecule is C[C@]12C[C@H](n3ccnc3)[C@@H](O)C[C@@H]1CC[C@@H]1[C@@H]2CC[C@]2(C)C(=O)CC[C@@H]12. The van der Waals surface area contributed by atoms with E-state index in [1.54, 1.807) is 0 Å². The number of nitrogens with zero attached hydrogens (tertiary/aromatic N) is 2. The smallest absolute Gasteiger partial charge is 0.139 e. The summed E-state index contributed by atoms with van der Waals surface area (Å²) in [4.78, 5) is 16.8. The summed E-state index contributed by atoms with van der Waals surface area (Å²) < 4.78 is 2.13. The summed E-state index contributed by atoms with van der Waals surface area (Å²) in [6, 6.07) is 0.149. The van der Waals surface area contributed by atoms with E-state index in [2.05, 4.69) is 23.4 Å². The van der Waals surface area contributed by atoms with Crippen LogP contribution in [0, 0.1) is 34.5 Å². The Bertz CT molecular complexity index is 701. The standard InChI is InChI=1S/C22H32N2O2/c1-21-8-7-17-15(16(21)5-6-20(21)26)4-3-14-11-19(25)18(12-22(14,17)2)24-10-9-23-13-24/h9-10,13-19,25H,3-8,11-12H2,1-2H3/t14-,15-,16-,17-,18-,19-,21-,22-/m0/s1. The van der Waals surface area contributed by atoms with Crippen LogP contribution in [0.4, 0.5) is 0 Å². The Morgan fingerprint density at radius 3 is 2.81 bits per heavy atom. The molecule has 0 aliphatic heterocycles. The first kappa shape index (κ1) is 17.0. The summed E-state index contributed by atoms with van der Waals surface area (Å²) in [5, 5.41) is 10.8. The Hall–Kier alpha value is -1.16. The Balaban J connectivity index is 1.47. The number of fused-ring (bicyclic) bond motifs is 5. The van der Waals surface area contributed by atoms with Crippen molar-refractivity contribution in [2.24, 2.45) is 34.5 Å². The second-order valence-electron chi connectivity index (χ2n) is 10.2. The molecule has 0 amide bonds. The lowest BCUT2D eigenvalue weighted by Gasteiger charge is -2.61. The molecule has 1 aromatic heterocycles. The third-order valence-electron chi connectivity index (χ3n) is 9.30. The molecule has 8 atom stereocenters. The number of hydrogen-bond donors (Lipinski definition) is 1. The van der Waals surface area contributed by atoms with E-state index in [1.165, 1.54) is 19.3 Å². The van der Waals surface area contributed by atoms with Crippen molar-refractivity contribution in [3.05, 3.63) is 18.7 Å². The van der Waals surface area contributed by atoms with Crippen molar-refractivity contribution in [2.75, 3.05) is 0 Å². The van der Waals surface area contributed by atoms with Crippen LogP contribution in [-0.2, 0) is 4.79 Å². The largest absolute Gasteiger partial charge is 0.391 e. The minimum atomic E-state index is -0.263. The molecule has 4 aliphatic carbocycles. The number of rotatable bonds is 1. The van der Waals surface area contributed by atoms with Crippen molar-refractivity contribution < 1.29 is 9.90 Å². The molecule has 0 radical (unpaired) electrons. The van der Waals surface area contributed by atoms with Gasteiger partial charge in [0, 0.05) is 24.2 Å². The third-order valence-corrected chi connectivity index (χ3v) is 9.30. The predicted octanol–water partition coefficient (Wildman–Crippen LogP) is 4.01. The lowest BCUT2D eigenvalue weighted by atomic mass is 9.44. The van der Waals surface area contributed by atoms with E-state index in [0.717, 1.165) is 32.1 Å². The topological polar surface area (TPSA) is 55.1 Å². The number of aliphatic hydroxyl groups is 1. The Labute approximate surface area is 156 Å². The van der Waals surface area contributed by atoms with Crippen LogP contribution in [0.3, 0.4) is 0 Å². The first-order valence-corrected chi connectivity index (χ1v) is 10.6. The summed E-state index contributed by atoms with van der Waals surface area (Å²) in [7, 11) is 0. The molecule has 0 aromatic carbocycles. The maximum atomic E-state index is 12.6. The van der Waals surface area contributed by atoms with Gasteiger partial charge in [-0.25, -0.2) is 4.98 Å². The van der Waals surface area contributed by atoms with E-state index in [4.69, 9.17) is 0 Å². The molecule has 0 unspecified atom stereocenters. The molecule has 4 aliphatic rings. The fourth-order valence-corrected chi connectivity index (χ4v) is 7.82. The molecule has 0 saturated heterocycles. The Morgan fingerprint density at radius 1 is 1.19 bits per heavy atom. The van der Waals surface area contributed by atoms with Crippen LogP contribution in [0.2, 0.25) is 0 Å². The number of Topliss-reactive ketones (excluding diaryl/α,β-unsaturated/α-hetero) is 1. The van der Waals surface area contributed by atoms with Crippen molar-refractivity contribution >= 4 is 5.78 Å². The molecule has 1 heterocycles. The monoisotopic (exact) mass is 356 g/mol. The highest BCUT2D eigenvalue weighted by atomic mass is 16.3. The number of carbonyl (C=O) groups excluding carboxylic acids is 1. The van der Waals surface area contributed by atoms with Gasteiger partial charge in [0.15, 0.2) is 0 Å². The molecule has 4 heteroatoms. The molecule has 0 spiro atoms. The van der Waals surface area contributed by atoms with Gasteiger partial charge in [-0.2, -0.15) is 0 Å². The van der Waals surface area contributed by atoms with Gasteiger partial charge < -0.3 is 9.67 Å². The number of carbonyl (C=O) groups is 1. The number of aromatic nitrogens is 2. The van der Waals surface area contributed by atoms with Crippen molar-refractivity contribution in [2.45, 2.75) is 77.4 Å². The normalized spacial score (nSPS) is 50.8. The number of aliphatic hydroxyl groups excluding tert-OH is 1. The van der Waals surface area contributed by atoms with E-state index < -0.39 is 0 Å². The van der Waals surface area contributed by atoms with Gasteiger partial charge in [-0.3, -0.25) is 4.79 Å². The highest BCUT2D eigenvalue weighted by Crippen LogP contribution is 2.66. The van der Waals surface area contributed by atoms with E-state index >= 15 is 0 Å². The van der Waals surface area contributed by atoms with E-state index in [0.29, 0.717) is 29.5 Å². The highest BCUT2D eigenvalue weighted by molar-refractivity contribution is 5.87. The van der Waals surface area contributed by atoms with Crippen LogP contribution < -0.4 is 0 Å². The number of hydrogen-bond acceptors (Lipinski definition) is 3. The summed E-state index contributed by atoms with van der Waals surface area (Å²) in [6.45, 7) is 4.76. The maximum absolute atomic E-state index is 12.6. The summed E-state index contributed by atoms with van der Waals surface area (Å²) in [5.41, 5.74) is 0.242. The quantitative estimate of drug-likeness (QED) is 0.827. The van der Waals surface area contributed by atoms with Crippen LogP contribution in [0.5, 0.6) is 0 Å². The Morgan fingerprint density at radius 2 is 2.04 bits per heavy atom. The zero-order chi connectivity index (χ0) is 18.1. The lowest BCUT2D eigenvalue weighted by Crippen LogP contribution is -2.55. The predicted molar refractivity (Wildman–Crippen MR) is 99.4 cm³/mol. The van der Waals surface area contributed by atoms with Gasteiger partial charge in [0.2, 0.25) is 0 Å². The first-order valence-electron chi connectivity index (χ1n) is 10.6. The molecule has 0 bridgehead atoms. The van der Waals surface area contributed by atoms with Crippen molar-refractivity contribution in [1.82, 2.24) is 9.55 Å². The molecule has 1 aromatic rings. The zero-order valence-electron chi connectivity index (χ0n) is 16.1. The van der Waals surface area contributed by atoms with Crippen molar-refractivity contribution in [3.8, 4) is 0 Å². The van der Waals surface area contributed by atoms with Gasteiger partial charge in [-0.05, 0) is 74.0 Å². The second-order valence-corrected chi connectivity index (χ2v) is 10.2. The van der Waals surface area contributed by atoms with Gasteiger partial charge in [-0.1, -0.05) is 13.8 Å². The molecule has 142 valence electrons.